The Morgan fingerprint density at radius 2 is 1.86 bits per heavy atom. The van der Waals surface area contributed by atoms with Crippen molar-refractivity contribution in [2.75, 3.05) is 7.11 Å². The van der Waals surface area contributed by atoms with Gasteiger partial charge in [-0.05, 0) is 30.5 Å². The molecule has 2 aromatic rings. The third kappa shape index (κ3) is 5.27. The number of hydrogen-bond donors (Lipinski definition) is 3. The summed E-state index contributed by atoms with van der Waals surface area (Å²) in [6.07, 6.45) is 2.53. The second kappa shape index (κ2) is 10.0. The SMILES string of the molecule is COc1cc2c(c(C(N)=O)c1)C/C=C/Cc1cc([N+](=O)[O-])c(C(CC(=O)O)C(=O)O)cc1C(=O)O2. The van der Waals surface area contributed by atoms with Gasteiger partial charge in [0, 0.05) is 28.8 Å². The number of nitro benzene ring substituents is 1. The van der Waals surface area contributed by atoms with Gasteiger partial charge in [0.25, 0.3) is 5.69 Å². The Balaban J connectivity index is 2.23. The van der Waals surface area contributed by atoms with Crippen LogP contribution in [0.1, 0.15) is 49.7 Å². The smallest absolute Gasteiger partial charge is 0.343 e. The molecule has 4 N–H and O–H groups in total. The van der Waals surface area contributed by atoms with Crippen molar-refractivity contribution in [3.8, 4) is 11.5 Å². The number of rotatable bonds is 7. The van der Waals surface area contributed by atoms with Crippen molar-refractivity contribution in [1.82, 2.24) is 0 Å². The van der Waals surface area contributed by atoms with Crippen molar-refractivity contribution >= 4 is 29.5 Å². The highest BCUT2D eigenvalue weighted by Crippen LogP contribution is 2.35. The molecule has 0 spiro atoms. The Labute approximate surface area is 197 Å². The number of benzene rings is 2. The van der Waals surface area contributed by atoms with E-state index >= 15 is 0 Å². The first kappa shape index (κ1) is 24.9. The number of hydrogen-bond acceptors (Lipinski definition) is 8. The quantitative estimate of drug-likeness (QED) is 0.172. The van der Waals surface area contributed by atoms with Crippen LogP contribution in [0.4, 0.5) is 5.69 Å². The monoisotopic (exact) mass is 484 g/mol. The van der Waals surface area contributed by atoms with E-state index in [-0.39, 0.29) is 41.0 Å². The number of carboxylic acid groups (broad SMARTS) is 2. The van der Waals surface area contributed by atoms with Crippen LogP contribution < -0.4 is 15.2 Å². The van der Waals surface area contributed by atoms with Gasteiger partial charge in [-0.3, -0.25) is 24.5 Å². The summed E-state index contributed by atoms with van der Waals surface area (Å²) in [6.45, 7) is 0. The summed E-state index contributed by atoms with van der Waals surface area (Å²) in [5.41, 5.74) is 4.74. The Bertz CT molecular complexity index is 1280. The second-order valence-corrected chi connectivity index (χ2v) is 7.60. The maximum absolute atomic E-state index is 13.2. The molecule has 0 aliphatic carbocycles. The third-order valence-corrected chi connectivity index (χ3v) is 5.43. The van der Waals surface area contributed by atoms with Gasteiger partial charge in [-0.25, -0.2) is 4.79 Å². The number of nitrogens with two attached hydrogens (primary N) is 1. The molecule has 35 heavy (non-hydrogen) atoms. The van der Waals surface area contributed by atoms with Gasteiger partial charge in [-0.15, -0.1) is 0 Å². The molecular formula is C23H20N2O10. The Hall–Kier alpha value is -4.74. The molecule has 12 nitrogen and oxygen atoms in total. The summed E-state index contributed by atoms with van der Waals surface area (Å²) in [6, 6.07) is 4.78. The van der Waals surface area contributed by atoms with Gasteiger partial charge in [0.2, 0.25) is 5.91 Å². The minimum absolute atomic E-state index is 0.0409. The van der Waals surface area contributed by atoms with E-state index in [0.29, 0.717) is 5.56 Å². The highest BCUT2D eigenvalue weighted by Gasteiger charge is 2.33. The molecule has 0 saturated carbocycles. The van der Waals surface area contributed by atoms with Gasteiger partial charge in [0.1, 0.15) is 11.5 Å². The van der Waals surface area contributed by atoms with Crippen LogP contribution in [0.25, 0.3) is 0 Å². The zero-order valence-electron chi connectivity index (χ0n) is 18.3. The highest BCUT2D eigenvalue weighted by atomic mass is 16.6. The molecule has 0 fully saturated rings. The molecule has 1 atom stereocenters. The van der Waals surface area contributed by atoms with Crippen molar-refractivity contribution in [1.29, 1.82) is 0 Å². The Kier molecular flexibility index (Phi) is 7.14. The van der Waals surface area contributed by atoms with Crippen molar-refractivity contribution in [2.45, 2.75) is 25.2 Å². The number of carbonyl (C=O) groups excluding carboxylic acids is 2. The van der Waals surface area contributed by atoms with Crippen LogP contribution in [-0.4, -0.2) is 46.1 Å². The number of nitro groups is 1. The second-order valence-electron chi connectivity index (χ2n) is 7.60. The minimum atomic E-state index is -1.79. The predicted octanol–water partition coefficient (Wildman–Crippen LogP) is 2.22. The summed E-state index contributed by atoms with van der Waals surface area (Å²) < 4.78 is 10.7. The molecule has 0 saturated heterocycles. The van der Waals surface area contributed by atoms with Crippen LogP contribution in [0.3, 0.4) is 0 Å². The standard InChI is InChI=1S/C23H20N2O10/c1-34-12-7-16(21(24)28)13-5-3-2-4-11-6-18(25(32)33)15(17(22(29)30)10-20(26)27)9-14(11)23(31)35-19(13)8-12/h2-3,6-9,17H,4-5,10H2,1H3,(H2,24,28)(H,26,27)(H,29,30)/b3-2+. The lowest BCUT2D eigenvalue weighted by atomic mass is 9.89. The first-order chi connectivity index (χ1) is 16.5. The van der Waals surface area contributed by atoms with Gasteiger partial charge in [0.05, 0.1) is 29.9 Å². The summed E-state index contributed by atoms with van der Waals surface area (Å²) in [4.78, 5) is 59.0. The number of ether oxygens (including phenoxy) is 2. The van der Waals surface area contributed by atoms with Crippen molar-refractivity contribution in [2.24, 2.45) is 5.73 Å². The Morgan fingerprint density at radius 3 is 2.43 bits per heavy atom. The van der Waals surface area contributed by atoms with E-state index in [9.17, 15) is 34.4 Å². The summed E-state index contributed by atoms with van der Waals surface area (Å²) in [7, 11) is 1.34. The van der Waals surface area contributed by atoms with Gasteiger partial charge >= 0.3 is 17.9 Å². The fraction of sp³-hybridized carbons (Fsp3) is 0.217. The average Bonchev–Trinajstić information content (AvgIpc) is 2.79. The molecule has 0 radical (unpaired) electrons. The molecule has 3 rings (SSSR count). The maximum atomic E-state index is 13.2. The Morgan fingerprint density at radius 1 is 1.17 bits per heavy atom. The lowest BCUT2D eigenvalue weighted by molar-refractivity contribution is -0.385. The van der Waals surface area contributed by atoms with Crippen LogP contribution in [0.15, 0.2) is 36.4 Å². The van der Waals surface area contributed by atoms with Crippen LogP contribution in [0.2, 0.25) is 0 Å². The first-order valence-corrected chi connectivity index (χ1v) is 10.2. The third-order valence-electron chi connectivity index (χ3n) is 5.43. The molecule has 1 amide bonds. The maximum Gasteiger partial charge on any atom is 0.343 e. The normalized spacial score (nSPS) is 14.5. The largest absolute Gasteiger partial charge is 0.497 e. The fourth-order valence-corrected chi connectivity index (χ4v) is 3.78. The van der Waals surface area contributed by atoms with E-state index < -0.39 is 52.3 Å². The van der Waals surface area contributed by atoms with E-state index in [0.717, 1.165) is 12.1 Å². The van der Waals surface area contributed by atoms with Crippen molar-refractivity contribution in [3.63, 3.8) is 0 Å². The number of esters is 1. The number of primary amides is 1. The molecular weight excluding hydrogens is 464 g/mol. The number of methoxy groups -OCH3 is 1. The molecule has 182 valence electrons. The number of aliphatic carboxylic acids is 2. The van der Waals surface area contributed by atoms with Gasteiger partial charge in [-0.2, -0.15) is 0 Å². The van der Waals surface area contributed by atoms with E-state index in [2.05, 4.69) is 0 Å². The number of allylic oxidation sites excluding steroid dienone is 2. The van der Waals surface area contributed by atoms with E-state index in [1.807, 2.05) is 0 Å². The van der Waals surface area contributed by atoms with Crippen molar-refractivity contribution < 1.29 is 43.8 Å². The molecule has 1 unspecified atom stereocenters. The van der Waals surface area contributed by atoms with E-state index in [1.54, 1.807) is 12.2 Å². The van der Waals surface area contributed by atoms with Crippen LogP contribution in [0.5, 0.6) is 11.5 Å². The zero-order valence-corrected chi connectivity index (χ0v) is 18.3. The first-order valence-electron chi connectivity index (χ1n) is 10.2. The molecule has 12 heteroatoms. The number of carbonyl (C=O) groups is 4. The van der Waals surface area contributed by atoms with Gasteiger partial charge in [-0.1, -0.05) is 12.2 Å². The molecule has 1 aliphatic heterocycles. The van der Waals surface area contributed by atoms with Crippen molar-refractivity contribution in [3.05, 3.63) is 74.3 Å². The lowest BCUT2D eigenvalue weighted by Crippen LogP contribution is -2.20. The summed E-state index contributed by atoms with van der Waals surface area (Å²) in [5, 5.41) is 30.3. The van der Waals surface area contributed by atoms with Crippen LogP contribution in [-0.2, 0) is 22.4 Å². The number of carboxylic acids is 2. The van der Waals surface area contributed by atoms with Crippen LogP contribution in [0, 0.1) is 10.1 Å². The average molecular weight is 484 g/mol. The molecule has 1 aliphatic rings. The topological polar surface area (TPSA) is 196 Å². The predicted molar refractivity (Wildman–Crippen MR) is 119 cm³/mol. The molecule has 1 heterocycles. The summed E-state index contributed by atoms with van der Waals surface area (Å²) >= 11 is 0. The number of amides is 1. The fourth-order valence-electron chi connectivity index (χ4n) is 3.78. The minimum Gasteiger partial charge on any atom is -0.497 e. The van der Waals surface area contributed by atoms with Gasteiger partial charge < -0.3 is 25.4 Å². The van der Waals surface area contributed by atoms with E-state index in [1.165, 1.54) is 19.2 Å². The van der Waals surface area contributed by atoms with Gasteiger partial charge in [0.15, 0.2) is 0 Å². The summed E-state index contributed by atoms with van der Waals surface area (Å²) in [5.74, 6) is -6.51. The number of nitrogens with zero attached hydrogens (tertiary/aromatic N) is 1. The molecule has 0 aromatic heterocycles. The zero-order chi connectivity index (χ0) is 25.9. The van der Waals surface area contributed by atoms with Crippen LogP contribution >= 0.6 is 0 Å². The lowest BCUT2D eigenvalue weighted by Gasteiger charge is -2.18. The molecule has 0 bridgehead atoms. The van der Waals surface area contributed by atoms with E-state index in [4.69, 9.17) is 20.3 Å². The molecule has 2 aromatic carbocycles. The highest BCUT2D eigenvalue weighted by molar-refractivity contribution is 5.98. The number of fused-ring (bicyclic) bond motifs is 2.